The molecule has 0 fully saturated rings. The summed E-state index contributed by atoms with van der Waals surface area (Å²) in [5.41, 5.74) is 5.13. The number of nitrogens with one attached hydrogen (secondary N) is 4. The van der Waals surface area contributed by atoms with E-state index in [1.807, 2.05) is 12.1 Å². The van der Waals surface area contributed by atoms with Crippen LogP contribution in [0, 0.1) is 0 Å². The van der Waals surface area contributed by atoms with E-state index in [1.165, 1.54) is 0 Å². The van der Waals surface area contributed by atoms with Crippen molar-refractivity contribution in [3.8, 4) is 5.75 Å². The third-order valence-corrected chi connectivity index (χ3v) is 7.55. The molecular formula is C36H61N5O9S. The number of amides is 4. The molecule has 0 spiro atoms. The zero-order chi connectivity index (χ0) is 38.7. The van der Waals surface area contributed by atoms with Crippen LogP contribution < -0.4 is 31.7 Å². The highest BCUT2D eigenvalue weighted by atomic mass is 32.2. The monoisotopic (exact) mass is 739 g/mol. The molecule has 0 unspecified atom stereocenters. The number of ether oxygens (including phenoxy) is 4. The fourth-order valence-corrected chi connectivity index (χ4v) is 5.05. The number of benzene rings is 1. The van der Waals surface area contributed by atoms with Gasteiger partial charge < -0.3 is 45.9 Å². The first kappa shape index (κ1) is 45.3. The van der Waals surface area contributed by atoms with Crippen LogP contribution in [-0.4, -0.2) is 84.4 Å². The molecule has 0 aromatic heterocycles. The average molecular weight is 740 g/mol. The van der Waals surface area contributed by atoms with E-state index in [-0.39, 0.29) is 24.2 Å². The Morgan fingerprint density at radius 2 is 1.16 bits per heavy atom. The van der Waals surface area contributed by atoms with Crippen LogP contribution >= 0.6 is 11.8 Å². The van der Waals surface area contributed by atoms with Gasteiger partial charge in [-0.1, -0.05) is 23.9 Å². The number of alkyl carbamates (subject to hydrolysis) is 3. The standard InChI is InChI=1S/C36H61N5O9S/c1-34(2,3)48-31(44)39-20-12-10-14-27(37)30(43)51-24-25-16-18-26(19-17-25)47-23-22-38-29(42)28(41-33(46)50-36(7,8)9)15-11-13-21-40-32(45)49-35(4,5)6/h16-19,27-28H,10-15,20-24,37H2,1-9H3,(H,38,42)(H,39,44)(H,40,45)(H,41,46)/t27-,28+/m0/s1. The summed E-state index contributed by atoms with van der Waals surface area (Å²) in [6, 6.07) is 5.88. The Bertz CT molecular complexity index is 1240. The van der Waals surface area contributed by atoms with Crippen molar-refractivity contribution in [3.63, 3.8) is 0 Å². The number of unbranched alkanes of at least 4 members (excludes halogenated alkanes) is 2. The Kier molecular flexibility index (Phi) is 19.8. The van der Waals surface area contributed by atoms with Gasteiger partial charge in [0, 0.05) is 18.8 Å². The van der Waals surface area contributed by atoms with Gasteiger partial charge in [0.2, 0.25) is 11.0 Å². The predicted molar refractivity (Wildman–Crippen MR) is 199 cm³/mol. The van der Waals surface area contributed by atoms with Crippen molar-refractivity contribution >= 4 is 41.1 Å². The van der Waals surface area contributed by atoms with Crippen LogP contribution in [0.3, 0.4) is 0 Å². The summed E-state index contributed by atoms with van der Waals surface area (Å²) >= 11 is 1.16. The molecule has 4 amide bonds. The van der Waals surface area contributed by atoms with Crippen molar-refractivity contribution in [1.29, 1.82) is 0 Å². The number of carbonyl (C=O) groups is 5. The Labute approximate surface area is 307 Å². The Morgan fingerprint density at radius 1 is 0.667 bits per heavy atom. The maximum absolute atomic E-state index is 13.0. The van der Waals surface area contributed by atoms with E-state index in [1.54, 1.807) is 74.4 Å². The number of hydrogen-bond donors (Lipinski definition) is 5. The molecule has 290 valence electrons. The maximum atomic E-state index is 13.0. The van der Waals surface area contributed by atoms with Gasteiger partial charge in [-0.25, -0.2) is 14.4 Å². The summed E-state index contributed by atoms with van der Waals surface area (Å²) in [5.74, 6) is 0.686. The van der Waals surface area contributed by atoms with Gasteiger partial charge in [0.15, 0.2) is 0 Å². The van der Waals surface area contributed by atoms with Crippen LogP contribution in [-0.2, 0) is 29.6 Å². The molecule has 14 nitrogen and oxygen atoms in total. The van der Waals surface area contributed by atoms with Gasteiger partial charge in [-0.2, -0.15) is 0 Å². The summed E-state index contributed by atoms with van der Waals surface area (Å²) in [4.78, 5) is 61.4. The van der Waals surface area contributed by atoms with E-state index in [9.17, 15) is 24.0 Å². The van der Waals surface area contributed by atoms with Gasteiger partial charge in [0.25, 0.3) is 0 Å². The molecule has 0 saturated carbocycles. The number of rotatable bonds is 19. The molecule has 0 aliphatic heterocycles. The minimum atomic E-state index is -0.838. The van der Waals surface area contributed by atoms with Crippen molar-refractivity contribution in [2.24, 2.45) is 5.73 Å². The third-order valence-electron chi connectivity index (χ3n) is 6.48. The lowest BCUT2D eigenvalue weighted by Crippen LogP contribution is -2.48. The summed E-state index contributed by atoms with van der Waals surface area (Å²) in [5, 5.41) is 10.7. The number of carbonyl (C=O) groups excluding carboxylic acids is 5. The van der Waals surface area contributed by atoms with Crippen LogP contribution in [0.4, 0.5) is 14.4 Å². The van der Waals surface area contributed by atoms with Gasteiger partial charge in [0.1, 0.15) is 35.2 Å². The van der Waals surface area contributed by atoms with Crippen LogP contribution in [0.25, 0.3) is 0 Å². The summed E-state index contributed by atoms with van der Waals surface area (Å²) in [6.07, 6.45) is 1.71. The molecule has 0 radical (unpaired) electrons. The zero-order valence-electron chi connectivity index (χ0n) is 31.9. The van der Waals surface area contributed by atoms with E-state index < -0.39 is 47.2 Å². The molecule has 1 aromatic rings. The highest BCUT2D eigenvalue weighted by molar-refractivity contribution is 8.13. The second-order valence-electron chi connectivity index (χ2n) is 15.0. The molecule has 0 bridgehead atoms. The fourth-order valence-electron chi connectivity index (χ4n) is 4.22. The molecule has 51 heavy (non-hydrogen) atoms. The SMILES string of the molecule is CC(C)(C)OC(=O)NCCCC[C@H](N)C(=O)SCc1ccc(OCCNC(=O)[C@@H](CCCCNC(=O)OC(C)(C)C)NC(=O)OC(C)(C)C)cc1. The lowest BCUT2D eigenvalue weighted by Gasteiger charge is -2.23. The molecule has 0 aliphatic carbocycles. The Morgan fingerprint density at radius 3 is 1.67 bits per heavy atom. The summed E-state index contributed by atoms with van der Waals surface area (Å²) in [7, 11) is 0. The molecule has 1 aromatic carbocycles. The first-order valence-corrected chi connectivity index (χ1v) is 18.5. The van der Waals surface area contributed by atoms with E-state index >= 15 is 0 Å². The van der Waals surface area contributed by atoms with E-state index in [0.29, 0.717) is 63.1 Å². The van der Waals surface area contributed by atoms with Gasteiger partial charge in [-0.05, 0) is 119 Å². The normalized spacial score (nSPS) is 12.9. The molecule has 1 rings (SSSR count). The van der Waals surface area contributed by atoms with Crippen molar-refractivity contribution in [1.82, 2.24) is 21.3 Å². The average Bonchev–Trinajstić information content (AvgIpc) is 2.98. The zero-order valence-corrected chi connectivity index (χ0v) is 32.7. The van der Waals surface area contributed by atoms with Gasteiger partial charge in [0.05, 0.1) is 12.6 Å². The Hall–Kier alpha value is -3.72. The van der Waals surface area contributed by atoms with Gasteiger partial charge in [-0.3, -0.25) is 9.59 Å². The molecular weight excluding hydrogens is 678 g/mol. The molecule has 15 heteroatoms. The quantitative estimate of drug-likeness (QED) is 0.0881. The van der Waals surface area contributed by atoms with E-state index in [2.05, 4.69) is 21.3 Å². The van der Waals surface area contributed by atoms with Gasteiger partial charge >= 0.3 is 18.3 Å². The maximum Gasteiger partial charge on any atom is 0.408 e. The lowest BCUT2D eigenvalue weighted by atomic mass is 10.1. The van der Waals surface area contributed by atoms with Crippen LogP contribution in [0.1, 0.15) is 106 Å². The van der Waals surface area contributed by atoms with E-state index in [4.69, 9.17) is 24.7 Å². The highest BCUT2D eigenvalue weighted by Gasteiger charge is 2.24. The Balaban J connectivity index is 2.43. The third kappa shape index (κ3) is 24.2. The second-order valence-corrected chi connectivity index (χ2v) is 16.0. The van der Waals surface area contributed by atoms with Crippen LogP contribution in [0.5, 0.6) is 5.75 Å². The lowest BCUT2D eigenvalue weighted by molar-refractivity contribution is -0.123. The molecule has 0 heterocycles. The molecule has 6 N–H and O–H groups in total. The minimum Gasteiger partial charge on any atom is -0.492 e. The highest BCUT2D eigenvalue weighted by Crippen LogP contribution is 2.19. The second kappa shape index (κ2) is 22.3. The molecule has 2 atom stereocenters. The largest absolute Gasteiger partial charge is 0.492 e. The predicted octanol–water partition coefficient (Wildman–Crippen LogP) is 5.55. The summed E-state index contributed by atoms with van der Waals surface area (Å²) in [6.45, 7) is 17.2. The van der Waals surface area contributed by atoms with Gasteiger partial charge in [-0.15, -0.1) is 0 Å². The van der Waals surface area contributed by atoms with E-state index in [0.717, 1.165) is 17.3 Å². The summed E-state index contributed by atoms with van der Waals surface area (Å²) < 4.78 is 21.5. The number of nitrogens with two attached hydrogens (primary N) is 1. The molecule has 0 saturated heterocycles. The number of thioether (sulfide) groups is 1. The molecule has 0 aliphatic rings. The smallest absolute Gasteiger partial charge is 0.408 e. The first-order chi connectivity index (χ1) is 23.6. The fraction of sp³-hybridized carbons (Fsp3) is 0.694. The minimum absolute atomic E-state index is 0.0944. The number of hydrogen-bond acceptors (Lipinski definition) is 11. The topological polar surface area (TPSA) is 196 Å². The van der Waals surface area contributed by atoms with Crippen molar-refractivity contribution in [2.75, 3.05) is 26.2 Å². The van der Waals surface area contributed by atoms with Crippen molar-refractivity contribution in [3.05, 3.63) is 29.8 Å². The first-order valence-electron chi connectivity index (χ1n) is 17.5. The van der Waals surface area contributed by atoms with Crippen molar-refractivity contribution < 1.29 is 42.9 Å². The van der Waals surface area contributed by atoms with Crippen LogP contribution in [0.15, 0.2) is 24.3 Å². The van der Waals surface area contributed by atoms with Crippen molar-refractivity contribution in [2.45, 2.75) is 135 Å². The van der Waals surface area contributed by atoms with Crippen LogP contribution in [0.2, 0.25) is 0 Å².